The first kappa shape index (κ1) is 42.2. The van der Waals surface area contributed by atoms with Gasteiger partial charge >= 0.3 is 25.7 Å². The number of nitrogens with zero attached hydrogens (tertiary/aromatic N) is 6. The molecule has 18 nitrogen and oxygen atoms in total. The average molecular weight is 798 g/mol. The van der Waals surface area contributed by atoms with Crippen molar-refractivity contribution in [3.05, 3.63) is 54.5 Å². The minimum Gasteiger partial charge on any atom is -0.461 e. The number of hydrogen-bond acceptors (Lipinski definition) is 15. The Morgan fingerprint density at radius 1 is 1.04 bits per heavy atom. The quantitative estimate of drug-likeness (QED) is 0.0702. The van der Waals surface area contributed by atoms with Crippen LogP contribution in [-0.4, -0.2) is 108 Å². The van der Waals surface area contributed by atoms with Crippen molar-refractivity contribution in [3.8, 4) is 11.8 Å². The first-order valence-corrected chi connectivity index (χ1v) is 19.8. The van der Waals surface area contributed by atoms with Crippen LogP contribution in [-0.2, 0) is 47.2 Å². The molecule has 2 saturated heterocycles. The summed E-state index contributed by atoms with van der Waals surface area (Å²) >= 11 is 0. The van der Waals surface area contributed by atoms with Gasteiger partial charge in [0.2, 0.25) is 5.60 Å². The molecule has 4 heterocycles. The van der Waals surface area contributed by atoms with Gasteiger partial charge in [0.05, 0.1) is 37.1 Å². The lowest BCUT2D eigenvalue weighted by Gasteiger charge is -2.31. The molecule has 0 unspecified atom stereocenters. The Kier molecular flexibility index (Phi) is 13.8. The number of fused-ring (bicyclic) bond motifs is 1. The monoisotopic (exact) mass is 797 g/mol. The van der Waals surface area contributed by atoms with Crippen molar-refractivity contribution >= 4 is 43.3 Å². The van der Waals surface area contributed by atoms with Crippen LogP contribution in [0.3, 0.4) is 0 Å². The van der Waals surface area contributed by atoms with Crippen LogP contribution in [0, 0.1) is 23.2 Å². The Morgan fingerprint density at radius 3 is 2.36 bits per heavy atom. The van der Waals surface area contributed by atoms with Crippen molar-refractivity contribution in [2.24, 2.45) is 16.8 Å². The fourth-order valence-corrected chi connectivity index (χ4v) is 7.26. The third kappa shape index (κ3) is 10.1. The van der Waals surface area contributed by atoms with E-state index >= 15 is 0 Å². The molecule has 1 aromatic carbocycles. The Balaban J connectivity index is 1.54. The number of ether oxygens (including phenoxy) is 5. The van der Waals surface area contributed by atoms with Gasteiger partial charge in [-0.05, 0) is 31.2 Å². The summed E-state index contributed by atoms with van der Waals surface area (Å²) in [5, 5.41) is 18.0. The highest BCUT2D eigenvalue weighted by Crippen LogP contribution is 2.50. The first-order valence-electron chi connectivity index (χ1n) is 18.2. The van der Waals surface area contributed by atoms with Crippen molar-refractivity contribution in [1.82, 2.24) is 24.6 Å². The molecule has 2 aromatic heterocycles. The Morgan fingerprint density at radius 2 is 1.71 bits per heavy atom. The molecule has 2 aliphatic rings. The SMILES string of the molecule is CC(C)C(=O)O[C@H]1[C@H](c2ccc3c(N=CN(C)C)ncnn23)O[C@](C#N)(CO[P@](=O)(N[C@@H](C)C(=O)OC2CCOCC2)Oc2ccccc2)[C@H]1OC(=O)C(C)C. The van der Waals surface area contributed by atoms with Gasteiger partial charge in [-0.2, -0.15) is 15.4 Å². The second-order valence-electron chi connectivity index (χ2n) is 14.2. The van der Waals surface area contributed by atoms with E-state index in [1.165, 1.54) is 29.9 Å². The summed E-state index contributed by atoms with van der Waals surface area (Å²) < 4.78 is 57.3. The summed E-state index contributed by atoms with van der Waals surface area (Å²) in [6.07, 6.45) is -0.922. The van der Waals surface area contributed by atoms with Crippen LogP contribution < -0.4 is 9.61 Å². The molecule has 5 rings (SSSR count). The van der Waals surface area contributed by atoms with Gasteiger partial charge in [-0.25, -0.2) is 19.1 Å². The number of benzene rings is 1. The molecule has 0 radical (unpaired) electrons. The largest absolute Gasteiger partial charge is 0.461 e. The van der Waals surface area contributed by atoms with Crippen LogP contribution in [0.1, 0.15) is 59.3 Å². The summed E-state index contributed by atoms with van der Waals surface area (Å²) in [6, 6.07) is 12.2. The number of carbonyl (C=O) groups is 3. The lowest BCUT2D eigenvalue weighted by Crippen LogP contribution is -2.50. The van der Waals surface area contributed by atoms with Gasteiger partial charge in [0.25, 0.3) is 0 Å². The highest BCUT2D eigenvalue weighted by atomic mass is 31.2. The van der Waals surface area contributed by atoms with E-state index < -0.39 is 80.2 Å². The van der Waals surface area contributed by atoms with Gasteiger partial charge in [-0.1, -0.05) is 45.9 Å². The Hall–Kier alpha value is -4.92. The zero-order valence-electron chi connectivity index (χ0n) is 32.4. The fourth-order valence-electron chi connectivity index (χ4n) is 5.74. The topological polar surface area (TPSA) is 214 Å². The first-order chi connectivity index (χ1) is 26.6. The average Bonchev–Trinajstić information content (AvgIpc) is 3.73. The Labute approximate surface area is 325 Å². The molecular formula is C37H48N7O11P. The summed E-state index contributed by atoms with van der Waals surface area (Å²) in [6.45, 7) is 7.86. The van der Waals surface area contributed by atoms with E-state index in [-0.39, 0.29) is 5.75 Å². The number of nitrogens with one attached hydrogen (secondary N) is 1. The van der Waals surface area contributed by atoms with E-state index in [1.54, 1.807) is 83.4 Å². The maximum atomic E-state index is 14.6. The third-order valence-electron chi connectivity index (χ3n) is 8.76. The van der Waals surface area contributed by atoms with Crippen molar-refractivity contribution < 1.29 is 51.7 Å². The fraction of sp³-hybridized carbons (Fsp3) is 0.541. The molecular weight excluding hydrogens is 749 g/mol. The van der Waals surface area contributed by atoms with E-state index in [9.17, 15) is 24.2 Å². The van der Waals surface area contributed by atoms with E-state index in [2.05, 4.69) is 26.2 Å². The number of esters is 3. The van der Waals surface area contributed by atoms with Crippen LogP contribution in [0.15, 0.2) is 53.8 Å². The van der Waals surface area contributed by atoms with Crippen LogP contribution in [0.2, 0.25) is 0 Å². The highest BCUT2D eigenvalue weighted by Gasteiger charge is 2.62. The summed E-state index contributed by atoms with van der Waals surface area (Å²) in [4.78, 5) is 50.2. The number of aromatic nitrogens is 3. The lowest BCUT2D eigenvalue weighted by atomic mass is 9.95. The second-order valence-corrected chi connectivity index (χ2v) is 15.9. The van der Waals surface area contributed by atoms with Gasteiger partial charge in [0.1, 0.15) is 48.5 Å². The van der Waals surface area contributed by atoms with Crippen LogP contribution in [0.25, 0.3) is 5.52 Å². The van der Waals surface area contributed by atoms with Gasteiger partial charge in [0.15, 0.2) is 18.0 Å². The molecule has 3 aromatic rings. The molecule has 302 valence electrons. The maximum absolute atomic E-state index is 14.6. The third-order valence-corrected chi connectivity index (χ3v) is 10.4. The van der Waals surface area contributed by atoms with Gasteiger partial charge in [0, 0.05) is 26.9 Å². The minimum absolute atomic E-state index is 0.114. The predicted octanol–water partition coefficient (Wildman–Crippen LogP) is 4.32. The molecule has 2 fully saturated rings. The molecule has 56 heavy (non-hydrogen) atoms. The lowest BCUT2D eigenvalue weighted by molar-refractivity contribution is -0.173. The van der Waals surface area contributed by atoms with Crippen molar-refractivity contribution in [1.29, 1.82) is 5.26 Å². The smallest absolute Gasteiger partial charge is 0.459 e. The number of carbonyl (C=O) groups excluding carboxylic acids is 3. The van der Waals surface area contributed by atoms with Crippen molar-refractivity contribution in [2.45, 2.75) is 83.5 Å². The number of para-hydroxylation sites is 1. The van der Waals surface area contributed by atoms with Crippen LogP contribution in [0.5, 0.6) is 5.75 Å². The molecule has 0 bridgehead atoms. The van der Waals surface area contributed by atoms with Crippen LogP contribution in [0.4, 0.5) is 5.82 Å². The molecule has 2 aliphatic heterocycles. The van der Waals surface area contributed by atoms with E-state index in [4.69, 9.17) is 32.7 Å². The minimum atomic E-state index is -4.60. The molecule has 19 heteroatoms. The zero-order chi connectivity index (χ0) is 40.6. The molecule has 0 saturated carbocycles. The molecule has 6 atom stereocenters. The van der Waals surface area contributed by atoms with Crippen molar-refractivity contribution in [3.63, 3.8) is 0 Å². The van der Waals surface area contributed by atoms with E-state index in [1.807, 2.05) is 0 Å². The van der Waals surface area contributed by atoms with Gasteiger partial charge in [-0.15, -0.1) is 0 Å². The van der Waals surface area contributed by atoms with E-state index in [0.29, 0.717) is 43.1 Å². The number of aliphatic imine (C=N–C) groups is 1. The normalized spacial score (nSPS) is 23.1. The number of nitriles is 1. The zero-order valence-corrected chi connectivity index (χ0v) is 33.3. The molecule has 0 spiro atoms. The second kappa shape index (κ2) is 18.4. The highest BCUT2D eigenvalue weighted by molar-refractivity contribution is 7.52. The van der Waals surface area contributed by atoms with E-state index in [0.717, 1.165) is 0 Å². The van der Waals surface area contributed by atoms with Crippen LogP contribution >= 0.6 is 7.75 Å². The van der Waals surface area contributed by atoms with Crippen molar-refractivity contribution in [2.75, 3.05) is 33.9 Å². The number of rotatable bonds is 16. The van der Waals surface area contributed by atoms with Gasteiger partial charge in [-0.3, -0.25) is 18.9 Å². The standard InChI is InChI=1S/C37H48N7O11P/c1-23(2)34(45)52-31-30(28-13-14-29-33(40-22-43(6)7)39-21-41-44(28)29)54-37(19-38,32(31)53-35(46)24(3)4)20-50-56(48,55-27-11-9-8-10-12-27)42-25(5)36(47)51-26-15-17-49-18-16-26/h8-14,21-26,30-32H,15-18,20H2,1-7H3,(H,42,48)/t25-,30-,31-,32-,37+,56+/m0/s1. The molecule has 0 amide bonds. The predicted molar refractivity (Wildman–Crippen MR) is 200 cm³/mol. The maximum Gasteiger partial charge on any atom is 0.459 e. The Bertz CT molecular complexity index is 1960. The summed E-state index contributed by atoms with van der Waals surface area (Å²) in [5.74, 6) is -3.02. The number of hydrogen-bond donors (Lipinski definition) is 1. The summed E-state index contributed by atoms with van der Waals surface area (Å²) in [7, 11) is -1.00. The molecule has 0 aliphatic carbocycles. The molecule has 1 N–H and O–H groups in total. The summed E-state index contributed by atoms with van der Waals surface area (Å²) in [5.41, 5.74) is -1.53. The van der Waals surface area contributed by atoms with Gasteiger partial charge < -0.3 is 33.1 Å².